The van der Waals surface area contributed by atoms with Crippen LogP contribution < -0.4 is 4.74 Å². The highest BCUT2D eigenvalue weighted by Gasteiger charge is 2.02. The molecule has 0 atom stereocenters. The fourth-order valence-electron chi connectivity index (χ4n) is 1.19. The van der Waals surface area contributed by atoms with Gasteiger partial charge in [-0.05, 0) is 24.1 Å². The minimum Gasteiger partial charge on any atom is -0.494 e. The Bertz CT molecular complexity index is 322. The summed E-state index contributed by atoms with van der Waals surface area (Å²) in [7, 11) is 1.39. The van der Waals surface area contributed by atoms with Crippen LogP contribution in [0.2, 0.25) is 0 Å². The number of hydrogen-bond donors (Lipinski definition) is 0. The SMILES string of the molecule is COC(=O)Cc1ccc(OCCCBr)cc1. The van der Waals surface area contributed by atoms with Crippen molar-refractivity contribution in [1.82, 2.24) is 0 Å². The average molecular weight is 287 g/mol. The van der Waals surface area contributed by atoms with E-state index in [0.717, 1.165) is 23.1 Å². The lowest BCUT2D eigenvalue weighted by atomic mass is 10.1. The molecule has 1 rings (SSSR count). The lowest BCUT2D eigenvalue weighted by Crippen LogP contribution is -2.04. The summed E-state index contributed by atoms with van der Waals surface area (Å²) in [5.41, 5.74) is 0.930. The van der Waals surface area contributed by atoms with Gasteiger partial charge < -0.3 is 9.47 Å². The minimum atomic E-state index is -0.229. The molecule has 0 radical (unpaired) electrons. The van der Waals surface area contributed by atoms with Crippen molar-refractivity contribution in [3.8, 4) is 5.75 Å². The highest BCUT2D eigenvalue weighted by atomic mass is 79.9. The van der Waals surface area contributed by atoms with E-state index in [1.807, 2.05) is 24.3 Å². The molecule has 1 aromatic carbocycles. The molecule has 3 nitrogen and oxygen atoms in total. The van der Waals surface area contributed by atoms with Crippen LogP contribution in [0.4, 0.5) is 0 Å². The van der Waals surface area contributed by atoms with Crippen LogP contribution in [0.15, 0.2) is 24.3 Å². The summed E-state index contributed by atoms with van der Waals surface area (Å²) in [6.07, 6.45) is 1.28. The maximum absolute atomic E-state index is 11.0. The quantitative estimate of drug-likeness (QED) is 0.458. The maximum Gasteiger partial charge on any atom is 0.309 e. The summed E-state index contributed by atoms with van der Waals surface area (Å²) in [5, 5.41) is 0.938. The predicted octanol–water partition coefficient (Wildman–Crippen LogP) is 2.57. The van der Waals surface area contributed by atoms with E-state index in [0.29, 0.717) is 13.0 Å². The molecule has 16 heavy (non-hydrogen) atoms. The second-order valence-electron chi connectivity index (χ2n) is 3.29. The van der Waals surface area contributed by atoms with Crippen LogP contribution in [0.1, 0.15) is 12.0 Å². The normalized spacial score (nSPS) is 9.88. The van der Waals surface area contributed by atoms with Crippen molar-refractivity contribution in [3.05, 3.63) is 29.8 Å². The highest BCUT2D eigenvalue weighted by molar-refractivity contribution is 9.09. The predicted molar refractivity (Wildman–Crippen MR) is 66.1 cm³/mol. The zero-order valence-corrected chi connectivity index (χ0v) is 10.8. The first-order valence-electron chi connectivity index (χ1n) is 5.11. The van der Waals surface area contributed by atoms with Gasteiger partial charge in [-0.2, -0.15) is 0 Å². The molecule has 4 heteroatoms. The van der Waals surface area contributed by atoms with E-state index in [1.165, 1.54) is 7.11 Å². The van der Waals surface area contributed by atoms with E-state index in [-0.39, 0.29) is 5.97 Å². The van der Waals surface area contributed by atoms with Gasteiger partial charge in [-0.3, -0.25) is 4.79 Å². The standard InChI is InChI=1S/C12H15BrO3/c1-15-12(14)9-10-3-5-11(6-4-10)16-8-2-7-13/h3-6H,2,7-9H2,1H3. The first-order chi connectivity index (χ1) is 7.76. The van der Waals surface area contributed by atoms with Gasteiger partial charge in [-0.1, -0.05) is 28.1 Å². The van der Waals surface area contributed by atoms with E-state index < -0.39 is 0 Å². The Kier molecular flexibility index (Phi) is 5.93. The van der Waals surface area contributed by atoms with Crippen LogP contribution in [0.3, 0.4) is 0 Å². The fourth-order valence-corrected chi connectivity index (χ4v) is 1.42. The van der Waals surface area contributed by atoms with Crippen molar-refractivity contribution < 1.29 is 14.3 Å². The number of hydrogen-bond acceptors (Lipinski definition) is 3. The summed E-state index contributed by atoms with van der Waals surface area (Å²) < 4.78 is 10.1. The van der Waals surface area contributed by atoms with Gasteiger partial charge in [0.05, 0.1) is 20.1 Å². The van der Waals surface area contributed by atoms with Crippen molar-refractivity contribution in [2.75, 3.05) is 19.0 Å². The topological polar surface area (TPSA) is 35.5 Å². The second kappa shape index (κ2) is 7.28. The Labute approximate surface area is 104 Å². The molecule has 0 saturated carbocycles. The molecule has 0 bridgehead atoms. The van der Waals surface area contributed by atoms with Gasteiger partial charge in [0.2, 0.25) is 0 Å². The summed E-state index contributed by atoms with van der Waals surface area (Å²) in [5.74, 6) is 0.600. The van der Waals surface area contributed by atoms with Gasteiger partial charge in [0.25, 0.3) is 0 Å². The number of alkyl halides is 1. The van der Waals surface area contributed by atoms with Crippen LogP contribution in [0.5, 0.6) is 5.75 Å². The third kappa shape index (κ3) is 4.66. The van der Waals surface area contributed by atoms with Crippen molar-refractivity contribution >= 4 is 21.9 Å². The number of ether oxygens (including phenoxy) is 2. The number of carbonyl (C=O) groups excluding carboxylic acids is 1. The maximum atomic E-state index is 11.0. The highest BCUT2D eigenvalue weighted by Crippen LogP contribution is 2.13. The van der Waals surface area contributed by atoms with Crippen molar-refractivity contribution in [3.63, 3.8) is 0 Å². The number of rotatable bonds is 6. The molecule has 0 aliphatic heterocycles. The molecule has 0 spiro atoms. The second-order valence-corrected chi connectivity index (χ2v) is 4.08. The fraction of sp³-hybridized carbons (Fsp3) is 0.417. The van der Waals surface area contributed by atoms with Gasteiger partial charge in [-0.15, -0.1) is 0 Å². The molecule has 0 amide bonds. The van der Waals surface area contributed by atoms with E-state index in [4.69, 9.17) is 4.74 Å². The molecule has 0 fully saturated rings. The smallest absolute Gasteiger partial charge is 0.309 e. The van der Waals surface area contributed by atoms with Crippen LogP contribution in [0, 0.1) is 0 Å². The third-order valence-electron chi connectivity index (χ3n) is 2.05. The molecule has 0 saturated heterocycles. The Morgan fingerprint density at radius 3 is 2.56 bits per heavy atom. The summed E-state index contributed by atoms with van der Waals surface area (Å²) >= 11 is 3.34. The average Bonchev–Trinajstić information content (AvgIpc) is 2.31. The molecule has 0 N–H and O–H groups in total. The van der Waals surface area contributed by atoms with Gasteiger partial charge in [0, 0.05) is 5.33 Å². The molecule has 0 aliphatic rings. The molecule has 0 aliphatic carbocycles. The van der Waals surface area contributed by atoms with Crippen LogP contribution in [-0.4, -0.2) is 25.0 Å². The largest absolute Gasteiger partial charge is 0.494 e. The number of esters is 1. The number of carbonyl (C=O) groups is 1. The number of methoxy groups -OCH3 is 1. The molecular formula is C12H15BrO3. The lowest BCUT2D eigenvalue weighted by molar-refractivity contribution is -0.139. The molecule has 0 aromatic heterocycles. The Morgan fingerprint density at radius 1 is 1.31 bits per heavy atom. The zero-order valence-electron chi connectivity index (χ0n) is 9.24. The van der Waals surface area contributed by atoms with E-state index in [1.54, 1.807) is 0 Å². The molecular weight excluding hydrogens is 272 g/mol. The van der Waals surface area contributed by atoms with E-state index in [9.17, 15) is 4.79 Å². The molecule has 0 unspecified atom stereocenters. The summed E-state index contributed by atoms with van der Waals surface area (Å²) in [4.78, 5) is 11.0. The Morgan fingerprint density at radius 2 is 2.00 bits per heavy atom. The van der Waals surface area contributed by atoms with E-state index in [2.05, 4.69) is 20.7 Å². The molecule has 88 valence electrons. The monoisotopic (exact) mass is 286 g/mol. The Hall–Kier alpha value is -1.03. The number of halogens is 1. The summed E-state index contributed by atoms with van der Waals surface area (Å²) in [6.45, 7) is 0.696. The zero-order chi connectivity index (χ0) is 11.8. The number of benzene rings is 1. The first-order valence-corrected chi connectivity index (χ1v) is 6.23. The van der Waals surface area contributed by atoms with Crippen LogP contribution in [-0.2, 0) is 16.0 Å². The van der Waals surface area contributed by atoms with Gasteiger partial charge in [0.15, 0.2) is 0 Å². The minimum absolute atomic E-state index is 0.229. The first kappa shape index (κ1) is 13.0. The van der Waals surface area contributed by atoms with Gasteiger partial charge in [-0.25, -0.2) is 0 Å². The van der Waals surface area contributed by atoms with Crippen LogP contribution >= 0.6 is 15.9 Å². The lowest BCUT2D eigenvalue weighted by Gasteiger charge is -2.05. The van der Waals surface area contributed by atoms with Crippen molar-refractivity contribution in [2.24, 2.45) is 0 Å². The van der Waals surface area contributed by atoms with Crippen LogP contribution in [0.25, 0.3) is 0 Å². The van der Waals surface area contributed by atoms with Gasteiger partial charge >= 0.3 is 5.97 Å². The Balaban J connectivity index is 2.44. The molecule has 1 aromatic rings. The summed E-state index contributed by atoms with van der Waals surface area (Å²) in [6, 6.07) is 7.49. The third-order valence-corrected chi connectivity index (χ3v) is 2.61. The molecule has 0 heterocycles. The van der Waals surface area contributed by atoms with Crippen molar-refractivity contribution in [1.29, 1.82) is 0 Å². The van der Waals surface area contributed by atoms with E-state index >= 15 is 0 Å². The van der Waals surface area contributed by atoms with Crippen molar-refractivity contribution in [2.45, 2.75) is 12.8 Å². The van der Waals surface area contributed by atoms with Gasteiger partial charge in [0.1, 0.15) is 5.75 Å².